The van der Waals surface area contributed by atoms with Gasteiger partial charge in [-0.15, -0.1) is 0 Å². The van der Waals surface area contributed by atoms with Gasteiger partial charge in [0.05, 0.1) is 17.5 Å². The largest absolute Gasteiger partial charge is 0.389 e. The Hall–Kier alpha value is -2.47. The molecule has 0 spiro atoms. The zero-order chi connectivity index (χ0) is 13.4. The highest BCUT2D eigenvalue weighted by molar-refractivity contribution is 7.80. The molecule has 0 saturated heterocycles. The summed E-state index contributed by atoms with van der Waals surface area (Å²) in [5.74, 6) is 0.492. The molecule has 94 valence electrons. The van der Waals surface area contributed by atoms with E-state index in [0.717, 1.165) is 11.3 Å². The van der Waals surface area contributed by atoms with Gasteiger partial charge < -0.3 is 11.5 Å². The molecule has 0 bridgehead atoms. The average molecular weight is 269 g/mol. The monoisotopic (exact) mass is 269 g/mol. The molecule has 0 saturated carbocycles. The van der Waals surface area contributed by atoms with E-state index < -0.39 is 0 Å². The van der Waals surface area contributed by atoms with Crippen LogP contribution in [0.1, 0.15) is 5.56 Å². The van der Waals surface area contributed by atoms with E-state index >= 15 is 0 Å². The number of nitrogens with two attached hydrogens (primary N) is 2. The van der Waals surface area contributed by atoms with E-state index in [4.69, 9.17) is 23.7 Å². The Labute approximate surface area is 114 Å². The maximum absolute atomic E-state index is 5.98. The second-order valence-corrected chi connectivity index (χ2v) is 4.53. The maximum Gasteiger partial charge on any atom is 0.168 e. The van der Waals surface area contributed by atoms with Crippen molar-refractivity contribution in [1.82, 2.24) is 14.6 Å². The topological polar surface area (TPSA) is 82.2 Å². The van der Waals surface area contributed by atoms with Gasteiger partial charge >= 0.3 is 0 Å². The van der Waals surface area contributed by atoms with Gasteiger partial charge in [0.25, 0.3) is 0 Å². The zero-order valence-electron chi connectivity index (χ0n) is 9.95. The SMILES string of the molecule is NC(=S)c1cnn2c(N)cc(-c3ccccc3)nc12. The molecule has 0 aliphatic rings. The van der Waals surface area contributed by atoms with Crippen LogP contribution in [-0.4, -0.2) is 19.6 Å². The summed E-state index contributed by atoms with van der Waals surface area (Å²) in [6.45, 7) is 0. The first kappa shape index (κ1) is 11.6. The van der Waals surface area contributed by atoms with Crippen molar-refractivity contribution in [3.63, 3.8) is 0 Å². The van der Waals surface area contributed by atoms with Crippen LogP contribution in [0.3, 0.4) is 0 Å². The maximum atomic E-state index is 5.98. The lowest BCUT2D eigenvalue weighted by molar-refractivity contribution is 0.954. The molecular weight excluding hydrogens is 258 g/mol. The van der Waals surface area contributed by atoms with Crippen molar-refractivity contribution in [2.24, 2.45) is 5.73 Å². The van der Waals surface area contributed by atoms with Crippen LogP contribution in [0.5, 0.6) is 0 Å². The lowest BCUT2D eigenvalue weighted by Crippen LogP contribution is -2.10. The van der Waals surface area contributed by atoms with Gasteiger partial charge in [-0.05, 0) is 0 Å². The van der Waals surface area contributed by atoms with Gasteiger partial charge in [0, 0.05) is 11.6 Å². The summed E-state index contributed by atoms with van der Waals surface area (Å²) in [7, 11) is 0. The molecule has 0 radical (unpaired) electrons. The molecule has 19 heavy (non-hydrogen) atoms. The highest BCUT2D eigenvalue weighted by atomic mass is 32.1. The van der Waals surface area contributed by atoms with Crippen LogP contribution < -0.4 is 11.5 Å². The Morgan fingerprint density at radius 1 is 1.21 bits per heavy atom. The van der Waals surface area contributed by atoms with E-state index in [-0.39, 0.29) is 4.99 Å². The molecule has 2 aromatic heterocycles. The highest BCUT2D eigenvalue weighted by Gasteiger charge is 2.12. The Kier molecular flexibility index (Phi) is 2.64. The fourth-order valence-electron chi connectivity index (χ4n) is 1.92. The predicted octanol–water partition coefficient (Wildman–Crippen LogP) is 1.61. The third-order valence-electron chi connectivity index (χ3n) is 2.83. The second kappa shape index (κ2) is 4.33. The van der Waals surface area contributed by atoms with Crippen molar-refractivity contribution in [3.05, 3.63) is 48.2 Å². The molecule has 4 N–H and O–H groups in total. The molecule has 0 atom stereocenters. The van der Waals surface area contributed by atoms with E-state index in [0.29, 0.717) is 17.0 Å². The van der Waals surface area contributed by atoms with Crippen LogP contribution in [0.4, 0.5) is 5.82 Å². The summed E-state index contributed by atoms with van der Waals surface area (Å²) in [6.07, 6.45) is 1.58. The minimum Gasteiger partial charge on any atom is -0.389 e. The molecule has 0 aliphatic carbocycles. The molecule has 0 amide bonds. The van der Waals surface area contributed by atoms with Gasteiger partial charge in [-0.2, -0.15) is 9.61 Å². The van der Waals surface area contributed by atoms with Gasteiger partial charge in [-0.25, -0.2) is 4.98 Å². The molecule has 0 fully saturated rings. The minimum atomic E-state index is 0.257. The first-order valence-electron chi connectivity index (χ1n) is 5.66. The molecule has 3 aromatic rings. The number of hydrogen-bond donors (Lipinski definition) is 2. The van der Waals surface area contributed by atoms with E-state index in [1.165, 1.54) is 4.52 Å². The molecule has 2 heterocycles. The number of fused-ring (bicyclic) bond motifs is 1. The van der Waals surface area contributed by atoms with Gasteiger partial charge in [-0.3, -0.25) is 0 Å². The third-order valence-corrected chi connectivity index (χ3v) is 3.05. The lowest BCUT2D eigenvalue weighted by Gasteiger charge is -2.05. The van der Waals surface area contributed by atoms with Crippen LogP contribution >= 0.6 is 12.2 Å². The summed E-state index contributed by atoms with van der Waals surface area (Å²) in [5, 5.41) is 4.14. The van der Waals surface area contributed by atoms with Crippen molar-refractivity contribution in [2.45, 2.75) is 0 Å². The Morgan fingerprint density at radius 3 is 2.63 bits per heavy atom. The first-order valence-corrected chi connectivity index (χ1v) is 6.07. The normalized spacial score (nSPS) is 10.7. The van der Waals surface area contributed by atoms with E-state index in [2.05, 4.69) is 10.1 Å². The average Bonchev–Trinajstić information content (AvgIpc) is 2.84. The minimum absolute atomic E-state index is 0.257. The van der Waals surface area contributed by atoms with E-state index in [1.54, 1.807) is 12.3 Å². The second-order valence-electron chi connectivity index (χ2n) is 4.09. The van der Waals surface area contributed by atoms with Gasteiger partial charge in [0.2, 0.25) is 0 Å². The fraction of sp³-hybridized carbons (Fsp3) is 0. The lowest BCUT2D eigenvalue weighted by atomic mass is 10.1. The smallest absolute Gasteiger partial charge is 0.168 e. The van der Waals surface area contributed by atoms with Crippen LogP contribution in [0.15, 0.2) is 42.6 Å². The van der Waals surface area contributed by atoms with Gasteiger partial charge in [0.1, 0.15) is 10.8 Å². The van der Waals surface area contributed by atoms with E-state index in [9.17, 15) is 0 Å². The standard InChI is InChI=1S/C13H11N5S/c14-11-6-10(8-4-2-1-3-5-8)17-13-9(12(15)19)7-16-18(11)13/h1-7H,14H2,(H2,15,19). The number of rotatable bonds is 2. The fourth-order valence-corrected chi connectivity index (χ4v) is 2.06. The van der Waals surface area contributed by atoms with Crippen molar-refractivity contribution < 1.29 is 0 Å². The van der Waals surface area contributed by atoms with Crippen LogP contribution in [0.2, 0.25) is 0 Å². The molecule has 1 aromatic carbocycles. The molecule has 5 nitrogen and oxygen atoms in total. The molecule has 0 unspecified atom stereocenters. The van der Waals surface area contributed by atoms with Crippen molar-refractivity contribution >= 4 is 28.7 Å². The van der Waals surface area contributed by atoms with Gasteiger partial charge in [0.15, 0.2) is 5.65 Å². The van der Waals surface area contributed by atoms with Crippen molar-refractivity contribution in [3.8, 4) is 11.3 Å². The number of aromatic nitrogens is 3. The van der Waals surface area contributed by atoms with Crippen molar-refractivity contribution in [1.29, 1.82) is 0 Å². The molecular formula is C13H11N5S. The Balaban J connectivity index is 2.28. The molecule has 0 aliphatic heterocycles. The highest BCUT2D eigenvalue weighted by Crippen LogP contribution is 2.21. The number of anilines is 1. The van der Waals surface area contributed by atoms with Crippen LogP contribution in [0, 0.1) is 0 Å². The number of benzene rings is 1. The van der Waals surface area contributed by atoms with Crippen LogP contribution in [-0.2, 0) is 0 Å². The summed E-state index contributed by atoms with van der Waals surface area (Å²) in [6, 6.07) is 11.6. The van der Waals surface area contributed by atoms with Gasteiger partial charge in [-0.1, -0.05) is 42.5 Å². The van der Waals surface area contributed by atoms with E-state index in [1.807, 2.05) is 30.3 Å². The summed E-state index contributed by atoms with van der Waals surface area (Å²) in [4.78, 5) is 4.80. The van der Waals surface area contributed by atoms with Crippen LogP contribution in [0.25, 0.3) is 16.9 Å². The summed E-state index contributed by atoms with van der Waals surface area (Å²) in [5.41, 5.74) is 14.6. The predicted molar refractivity (Wildman–Crippen MR) is 78.7 cm³/mol. The Bertz CT molecular complexity index is 763. The quantitative estimate of drug-likeness (QED) is 0.691. The zero-order valence-corrected chi connectivity index (χ0v) is 10.8. The molecule has 3 rings (SSSR count). The number of nitrogens with zero attached hydrogens (tertiary/aromatic N) is 3. The first-order chi connectivity index (χ1) is 9.16. The number of thiocarbonyl (C=S) groups is 1. The van der Waals surface area contributed by atoms with Crippen molar-refractivity contribution in [2.75, 3.05) is 5.73 Å². The number of nitrogen functional groups attached to an aromatic ring is 1. The number of hydrogen-bond acceptors (Lipinski definition) is 4. The Morgan fingerprint density at radius 2 is 1.95 bits per heavy atom. The third kappa shape index (κ3) is 1.92. The summed E-state index contributed by atoms with van der Waals surface area (Å²) >= 11 is 4.99. The summed E-state index contributed by atoms with van der Waals surface area (Å²) < 4.78 is 1.53. The molecule has 6 heteroatoms.